The highest BCUT2D eigenvalue weighted by molar-refractivity contribution is 5.76. The summed E-state index contributed by atoms with van der Waals surface area (Å²) in [5.41, 5.74) is -0.335. The molecule has 3 heteroatoms. The van der Waals surface area contributed by atoms with E-state index >= 15 is 0 Å². The predicted molar refractivity (Wildman–Crippen MR) is 71.3 cm³/mol. The molecule has 1 atom stereocenters. The van der Waals surface area contributed by atoms with Crippen LogP contribution in [0.1, 0.15) is 78.6 Å². The van der Waals surface area contributed by atoms with Gasteiger partial charge in [-0.05, 0) is 19.3 Å². The molecule has 0 fully saturated rings. The van der Waals surface area contributed by atoms with Crippen molar-refractivity contribution in [2.45, 2.75) is 78.6 Å². The molecule has 17 heavy (non-hydrogen) atoms. The number of unbranched alkanes of at least 4 members (excludes halogenated alkanes) is 4. The Morgan fingerprint density at radius 3 is 2.06 bits per heavy atom. The van der Waals surface area contributed by atoms with Gasteiger partial charge in [0.05, 0.1) is 5.41 Å². The fourth-order valence-corrected chi connectivity index (χ4v) is 2.36. The fraction of sp³-hybridized carbons (Fsp3) is 0.929. The van der Waals surface area contributed by atoms with E-state index in [1.807, 2.05) is 0 Å². The van der Waals surface area contributed by atoms with Crippen molar-refractivity contribution >= 4 is 5.97 Å². The Bertz CT molecular complexity index is 206. The molecule has 0 amide bonds. The molecule has 0 rings (SSSR count). The van der Waals surface area contributed by atoms with Gasteiger partial charge in [-0.15, -0.1) is 0 Å². The molecular formula is C14H29NO2. The van der Waals surface area contributed by atoms with Crippen LogP contribution in [0, 0.1) is 5.41 Å². The summed E-state index contributed by atoms with van der Waals surface area (Å²) in [6, 6.07) is 0. The molecule has 0 saturated carbocycles. The van der Waals surface area contributed by atoms with Gasteiger partial charge in [-0.3, -0.25) is 0 Å². The van der Waals surface area contributed by atoms with Gasteiger partial charge < -0.3 is 4.84 Å². The summed E-state index contributed by atoms with van der Waals surface area (Å²) in [5, 5.41) is 0. The van der Waals surface area contributed by atoms with Crippen LogP contribution in [-0.2, 0) is 9.63 Å². The summed E-state index contributed by atoms with van der Waals surface area (Å²) in [6.45, 7) is 6.40. The van der Waals surface area contributed by atoms with Gasteiger partial charge in [0.15, 0.2) is 0 Å². The van der Waals surface area contributed by atoms with Crippen molar-refractivity contribution < 1.29 is 9.63 Å². The minimum absolute atomic E-state index is 0.218. The minimum Gasteiger partial charge on any atom is -0.373 e. The van der Waals surface area contributed by atoms with E-state index in [9.17, 15) is 4.79 Å². The second kappa shape index (κ2) is 9.46. The number of carbonyl (C=O) groups is 1. The van der Waals surface area contributed by atoms with E-state index in [1.54, 1.807) is 0 Å². The smallest absolute Gasteiger partial charge is 0.330 e. The second-order valence-electron chi connectivity index (χ2n) is 4.95. The predicted octanol–water partition coefficient (Wildman–Crippen LogP) is 3.96. The van der Waals surface area contributed by atoms with Crippen molar-refractivity contribution in [2.75, 3.05) is 0 Å². The molecule has 0 aromatic carbocycles. The molecule has 0 heterocycles. The molecular weight excluding hydrogens is 214 g/mol. The Hall–Kier alpha value is -0.570. The average Bonchev–Trinajstić information content (AvgIpc) is 2.37. The summed E-state index contributed by atoms with van der Waals surface area (Å²) in [5.74, 6) is 4.87. The van der Waals surface area contributed by atoms with Crippen molar-refractivity contribution in [3.8, 4) is 0 Å². The SMILES string of the molecule is CCCCCCC(CC)(CCCC)C(=O)ON. The van der Waals surface area contributed by atoms with Crippen molar-refractivity contribution in [1.82, 2.24) is 0 Å². The number of nitrogens with two attached hydrogens (primary N) is 1. The van der Waals surface area contributed by atoms with Gasteiger partial charge in [0.1, 0.15) is 0 Å². The third-order valence-corrected chi connectivity index (χ3v) is 3.73. The number of hydrogen-bond donors (Lipinski definition) is 1. The van der Waals surface area contributed by atoms with Crippen molar-refractivity contribution in [3.05, 3.63) is 0 Å². The molecule has 0 aliphatic rings. The van der Waals surface area contributed by atoms with Crippen LogP contribution in [0.2, 0.25) is 0 Å². The maximum atomic E-state index is 11.9. The summed E-state index contributed by atoms with van der Waals surface area (Å²) >= 11 is 0. The highest BCUT2D eigenvalue weighted by Crippen LogP contribution is 2.36. The van der Waals surface area contributed by atoms with Gasteiger partial charge >= 0.3 is 5.97 Å². The largest absolute Gasteiger partial charge is 0.373 e. The number of hydrogen-bond acceptors (Lipinski definition) is 3. The fourth-order valence-electron chi connectivity index (χ4n) is 2.36. The van der Waals surface area contributed by atoms with Crippen molar-refractivity contribution in [3.63, 3.8) is 0 Å². The first-order chi connectivity index (χ1) is 8.16. The lowest BCUT2D eigenvalue weighted by Crippen LogP contribution is -2.34. The highest BCUT2D eigenvalue weighted by Gasteiger charge is 2.36. The molecule has 0 aromatic rings. The first-order valence-corrected chi connectivity index (χ1v) is 7.08. The zero-order chi connectivity index (χ0) is 13.1. The Morgan fingerprint density at radius 1 is 1.00 bits per heavy atom. The molecule has 0 aliphatic carbocycles. The molecule has 3 nitrogen and oxygen atoms in total. The van der Waals surface area contributed by atoms with Crippen molar-refractivity contribution in [1.29, 1.82) is 0 Å². The number of carbonyl (C=O) groups excluding carboxylic acids is 1. The lowest BCUT2D eigenvalue weighted by atomic mass is 9.76. The molecule has 2 N–H and O–H groups in total. The van der Waals surface area contributed by atoms with E-state index in [-0.39, 0.29) is 11.4 Å². The highest BCUT2D eigenvalue weighted by atomic mass is 16.7. The van der Waals surface area contributed by atoms with Gasteiger partial charge in [0, 0.05) is 0 Å². The van der Waals surface area contributed by atoms with E-state index in [2.05, 4.69) is 25.6 Å². The molecule has 1 unspecified atom stereocenters. The summed E-state index contributed by atoms with van der Waals surface area (Å²) < 4.78 is 0. The van der Waals surface area contributed by atoms with Crippen LogP contribution in [0.3, 0.4) is 0 Å². The second-order valence-corrected chi connectivity index (χ2v) is 4.95. The van der Waals surface area contributed by atoms with Crippen LogP contribution >= 0.6 is 0 Å². The lowest BCUT2D eigenvalue weighted by molar-refractivity contribution is -0.158. The first-order valence-electron chi connectivity index (χ1n) is 7.08. The van der Waals surface area contributed by atoms with Gasteiger partial charge in [-0.2, -0.15) is 5.90 Å². The third-order valence-electron chi connectivity index (χ3n) is 3.73. The van der Waals surface area contributed by atoms with Crippen LogP contribution in [0.5, 0.6) is 0 Å². The standard InChI is InChI=1S/C14H29NO2/c1-4-7-9-10-12-14(6-3,11-8-5-2)13(16)17-15/h4-12,15H2,1-3H3. The van der Waals surface area contributed by atoms with Crippen LogP contribution in [0.4, 0.5) is 0 Å². The zero-order valence-electron chi connectivity index (χ0n) is 11.8. The average molecular weight is 243 g/mol. The van der Waals surface area contributed by atoms with Crippen molar-refractivity contribution in [2.24, 2.45) is 11.3 Å². The van der Waals surface area contributed by atoms with E-state index in [4.69, 9.17) is 5.90 Å². The topological polar surface area (TPSA) is 52.3 Å². The lowest BCUT2D eigenvalue weighted by Gasteiger charge is -2.29. The maximum absolute atomic E-state index is 11.9. The zero-order valence-corrected chi connectivity index (χ0v) is 11.8. The Labute approximate surface area is 106 Å². The molecule has 0 saturated heterocycles. The van der Waals surface area contributed by atoms with E-state index in [1.165, 1.54) is 19.3 Å². The molecule has 0 spiro atoms. The third kappa shape index (κ3) is 5.53. The summed E-state index contributed by atoms with van der Waals surface area (Å²) in [4.78, 5) is 16.4. The van der Waals surface area contributed by atoms with Gasteiger partial charge in [-0.25, -0.2) is 4.79 Å². The van der Waals surface area contributed by atoms with E-state index < -0.39 is 0 Å². The quantitative estimate of drug-likeness (QED) is 0.467. The van der Waals surface area contributed by atoms with Crippen LogP contribution in [0.25, 0.3) is 0 Å². The summed E-state index contributed by atoms with van der Waals surface area (Å²) in [7, 11) is 0. The van der Waals surface area contributed by atoms with E-state index in [0.29, 0.717) is 0 Å². The van der Waals surface area contributed by atoms with Gasteiger partial charge in [0.25, 0.3) is 0 Å². The molecule has 0 bridgehead atoms. The van der Waals surface area contributed by atoms with Crippen LogP contribution < -0.4 is 5.90 Å². The Morgan fingerprint density at radius 2 is 1.59 bits per heavy atom. The monoisotopic (exact) mass is 243 g/mol. The summed E-state index contributed by atoms with van der Waals surface area (Å²) in [6.07, 6.45) is 9.57. The minimum atomic E-state index is -0.335. The van der Waals surface area contributed by atoms with Crippen LogP contribution in [-0.4, -0.2) is 5.97 Å². The first kappa shape index (κ1) is 16.4. The molecule has 102 valence electrons. The van der Waals surface area contributed by atoms with Crippen LogP contribution in [0.15, 0.2) is 0 Å². The Kier molecular flexibility index (Phi) is 9.14. The molecule has 0 aliphatic heterocycles. The van der Waals surface area contributed by atoms with Gasteiger partial charge in [-0.1, -0.05) is 59.3 Å². The number of rotatable bonds is 10. The molecule has 0 radical (unpaired) electrons. The van der Waals surface area contributed by atoms with Gasteiger partial charge in [0.2, 0.25) is 0 Å². The molecule has 0 aromatic heterocycles. The van der Waals surface area contributed by atoms with E-state index in [0.717, 1.165) is 38.5 Å². The Balaban J connectivity index is 4.39. The normalized spacial score (nSPS) is 14.4. The maximum Gasteiger partial charge on any atom is 0.330 e.